The lowest BCUT2D eigenvalue weighted by Gasteiger charge is -2.17. The van der Waals surface area contributed by atoms with E-state index in [1.54, 1.807) is 13.3 Å². The number of urea groups is 1. The van der Waals surface area contributed by atoms with Gasteiger partial charge in [-0.15, -0.1) is 0 Å². The number of benzene rings is 1. The first-order valence-corrected chi connectivity index (χ1v) is 8.37. The van der Waals surface area contributed by atoms with Gasteiger partial charge < -0.3 is 20.5 Å². The highest BCUT2D eigenvalue weighted by molar-refractivity contribution is 5.90. The Morgan fingerprint density at radius 3 is 2.64 bits per heavy atom. The number of para-hydroxylation sites is 1. The molecule has 0 spiro atoms. The minimum Gasteiger partial charge on any atom is -0.394 e. The summed E-state index contributed by atoms with van der Waals surface area (Å²) < 4.78 is 6.81. The van der Waals surface area contributed by atoms with Crippen molar-refractivity contribution < 1.29 is 14.6 Å². The van der Waals surface area contributed by atoms with Crippen LogP contribution in [-0.4, -0.2) is 47.3 Å². The minimum absolute atomic E-state index is 0.142. The Bertz CT molecular complexity index is 670. The maximum Gasteiger partial charge on any atom is 0.319 e. The molecule has 0 radical (unpaired) electrons. The van der Waals surface area contributed by atoms with Crippen LogP contribution in [0.2, 0.25) is 0 Å². The van der Waals surface area contributed by atoms with Crippen LogP contribution in [0.15, 0.2) is 36.5 Å². The first kappa shape index (κ1) is 19.0. The van der Waals surface area contributed by atoms with Gasteiger partial charge >= 0.3 is 6.03 Å². The van der Waals surface area contributed by atoms with E-state index in [9.17, 15) is 9.90 Å². The van der Waals surface area contributed by atoms with Crippen molar-refractivity contribution in [3.05, 3.63) is 42.2 Å². The Morgan fingerprint density at radius 1 is 1.32 bits per heavy atom. The average Bonchev–Trinajstić information content (AvgIpc) is 3.03. The first-order chi connectivity index (χ1) is 12.1. The van der Waals surface area contributed by atoms with Gasteiger partial charge in [0.1, 0.15) is 0 Å². The van der Waals surface area contributed by atoms with E-state index in [1.807, 2.05) is 35.0 Å². The van der Waals surface area contributed by atoms with Crippen molar-refractivity contribution in [3.63, 3.8) is 0 Å². The molecule has 1 unspecified atom stereocenters. The lowest BCUT2D eigenvalue weighted by molar-refractivity contribution is 0.161. The van der Waals surface area contributed by atoms with Crippen LogP contribution in [0.5, 0.6) is 0 Å². The fourth-order valence-corrected chi connectivity index (χ4v) is 2.60. The number of carbonyl (C=O) groups excluding carboxylic acids is 1. The average molecular weight is 346 g/mol. The molecule has 0 saturated heterocycles. The fraction of sp³-hybridized carbons (Fsp3) is 0.444. The summed E-state index contributed by atoms with van der Waals surface area (Å²) in [7, 11) is 1.58. The highest BCUT2D eigenvalue weighted by atomic mass is 16.5. The van der Waals surface area contributed by atoms with Crippen LogP contribution in [0.25, 0.3) is 5.69 Å². The standard InChI is InChI=1S/C18H26N4O3/c1-13(2)17-16(11-19-22(17)15-7-5-4-6-8-15)21-18(24)20-14(12-23)9-10-25-3/h4-8,11,13-14,23H,9-10,12H2,1-3H3,(H2,20,21,24). The zero-order valence-electron chi connectivity index (χ0n) is 14.9. The quantitative estimate of drug-likeness (QED) is 0.685. The van der Waals surface area contributed by atoms with Crippen molar-refractivity contribution in [2.24, 2.45) is 0 Å². The van der Waals surface area contributed by atoms with Crippen molar-refractivity contribution in [1.29, 1.82) is 0 Å². The van der Waals surface area contributed by atoms with Crippen LogP contribution >= 0.6 is 0 Å². The van der Waals surface area contributed by atoms with Crippen molar-refractivity contribution in [3.8, 4) is 5.69 Å². The van der Waals surface area contributed by atoms with Gasteiger partial charge in [-0.25, -0.2) is 9.48 Å². The van der Waals surface area contributed by atoms with Crippen LogP contribution in [-0.2, 0) is 4.74 Å². The Labute approximate surface area is 148 Å². The maximum absolute atomic E-state index is 12.3. The summed E-state index contributed by atoms with van der Waals surface area (Å²) in [4.78, 5) is 12.3. The number of aromatic nitrogens is 2. The Kier molecular flexibility index (Phi) is 6.97. The number of aliphatic hydroxyl groups excluding tert-OH is 1. The zero-order valence-corrected chi connectivity index (χ0v) is 14.9. The normalized spacial score (nSPS) is 12.2. The number of methoxy groups -OCH3 is 1. The van der Waals surface area contributed by atoms with E-state index in [4.69, 9.17) is 4.74 Å². The number of rotatable bonds is 8. The molecule has 25 heavy (non-hydrogen) atoms. The molecule has 0 aliphatic heterocycles. The molecule has 1 atom stereocenters. The molecular weight excluding hydrogens is 320 g/mol. The monoisotopic (exact) mass is 346 g/mol. The third-order valence-electron chi connectivity index (χ3n) is 3.83. The summed E-state index contributed by atoms with van der Waals surface area (Å²) in [5.74, 6) is 0.167. The molecule has 2 amide bonds. The molecule has 3 N–H and O–H groups in total. The number of hydrogen-bond acceptors (Lipinski definition) is 4. The summed E-state index contributed by atoms with van der Waals surface area (Å²) in [6, 6.07) is 9.05. The highest BCUT2D eigenvalue weighted by Crippen LogP contribution is 2.26. The van der Waals surface area contributed by atoms with Crippen LogP contribution in [0, 0.1) is 0 Å². The largest absolute Gasteiger partial charge is 0.394 e. The van der Waals surface area contributed by atoms with Crippen molar-refractivity contribution in [2.75, 3.05) is 25.6 Å². The molecule has 7 heteroatoms. The number of hydrogen-bond donors (Lipinski definition) is 3. The number of aliphatic hydroxyl groups is 1. The number of anilines is 1. The van der Waals surface area contributed by atoms with E-state index in [1.165, 1.54) is 0 Å². The van der Waals surface area contributed by atoms with E-state index in [0.29, 0.717) is 18.7 Å². The third-order valence-corrected chi connectivity index (χ3v) is 3.83. The molecule has 2 aromatic rings. The van der Waals surface area contributed by atoms with E-state index in [-0.39, 0.29) is 24.6 Å². The van der Waals surface area contributed by atoms with Gasteiger partial charge in [-0.1, -0.05) is 32.0 Å². The van der Waals surface area contributed by atoms with Gasteiger partial charge in [0.25, 0.3) is 0 Å². The second-order valence-electron chi connectivity index (χ2n) is 6.10. The number of amides is 2. The summed E-state index contributed by atoms with van der Waals surface area (Å²) in [6.07, 6.45) is 2.19. The van der Waals surface area contributed by atoms with E-state index in [2.05, 4.69) is 29.6 Å². The lowest BCUT2D eigenvalue weighted by Crippen LogP contribution is -2.41. The Balaban J connectivity index is 2.14. The van der Waals surface area contributed by atoms with E-state index < -0.39 is 0 Å². The molecule has 2 rings (SSSR count). The molecular formula is C18H26N4O3. The Hall–Kier alpha value is -2.38. The van der Waals surface area contributed by atoms with Crippen LogP contribution < -0.4 is 10.6 Å². The minimum atomic E-state index is -0.371. The second kappa shape index (κ2) is 9.19. The van der Waals surface area contributed by atoms with Crippen LogP contribution in [0.1, 0.15) is 31.9 Å². The molecule has 136 valence electrons. The van der Waals surface area contributed by atoms with E-state index in [0.717, 1.165) is 11.4 Å². The van der Waals surface area contributed by atoms with Crippen molar-refractivity contribution >= 4 is 11.7 Å². The van der Waals surface area contributed by atoms with Crippen LogP contribution in [0.4, 0.5) is 10.5 Å². The molecule has 0 aliphatic carbocycles. The summed E-state index contributed by atoms with van der Waals surface area (Å²) in [5.41, 5.74) is 2.51. The first-order valence-electron chi connectivity index (χ1n) is 8.37. The number of nitrogens with one attached hydrogen (secondary N) is 2. The molecule has 0 saturated carbocycles. The molecule has 1 heterocycles. The molecule has 7 nitrogen and oxygen atoms in total. The molecule has 0 fully saturated rings. The number of ether oxygens (including phenoxy) is 1. The third kappa shape index (κ3) is 5.04. The predicted molar refractivity (Wildman–Crippen MR) is 97.2 cm³/mol. The van der Waals surface area contributed by atoms with Crippen LogP contribution in [0.3, 0.4) is 0 Å². The summed E-state index contributed by atoms with van der Waals surface area (Å²) in [5, 5.41) is 19.3. The van der Waals surface area contributed by atoms with Gasteiger partial charge in [-0.05, 0) is 24.5 Å². The zero-order chi connectivity index (χ0) is 18.2. The molecule has 0 aliphatic rings. The maximum atomic E-state index is 12.3. The molecule has 0 bridgehead atoms. The van der Waals surface area contributed by atoms with Gasteiger partial charge in [0.15, 0.2) is 0 Å². The van der Waals surface area contributed by atoms with Gasteiger partial charge in [0, 0.05) is 13.7 Å². The smallest absolute Gasteiger partial charge is 0.319 e. The topological polar surface area (TPSA) is 88.4 Å². The number of nitrogens with zero attached hydrogens (tertiary/aromatic N) is 2. The SMILES string of the molecule is COCCC(CO)NC(=O)Nc1cnn(-c2ccccc2)c1C(C)C. The summed E-state index contributed by atoms with van der Waals surface area (Å²) in [6.45, 7) is 4.43. The predicted octanol–water partition coefficient (Wildman–Crippen LogP) is 2.51. The van der Waals surface area contributed by atoms with Gasteiger partial charge in [0.05, 0.1) is 35.9 Å². The van der Waals surface area contributed by atoms with Gasteiger partial charge in [-0.3, -0.25) is 0 Å². The number of carbonyl (C=O) groups is 1. The summed E-state index contributed by atoms with van der Waals surface area (Å²) >= 11 is 0. The molecule has 1 aromatic heterocycles. The van der Waals surface area contributed by atoms with Gasteiger partial charge in [0.2, 0.25) is 0 Å². The van der Waals surface area contributed by atoms with E-state index >= 15 is 0 Å². The van der Waals surface area contributed by atoms with Crippen molar-refractivity contribution in [1.82, 2.24) is 15.1 Å². The van der Waals surface area contributed by atoms with Gasteiger partial charge in [-0.2, -0.15) is 5.10 Å². The van der Waals surface area contributed by atoms with Crippen molar-refractivity contribution in [2.45, 2.75) is 32.2 Å². The molecule has 1 aromatic carbocycles. The highest BCUT2D eigenvalue weighted by Gasteiger charge is 2.18. The second-order valence-corrected chi connectivity index (χ2v) is 6.10. The lowest BCUT2D eigenvalue weighted by atomic mass is 10.1. The fourth-order valence-electron chi connectivity index (χ4n) is 2.60. The Morgan fingerprint density at radius 2 is 2.04 bits per heavy atom.